The molecule has 0 saturated carbocycles. The summed E-state index contributed by atoms with van der Waals surface area (Å²) in [4.78, 5) is 16.6. The molecule has 6 nitrogen and oxygen atoms in total. The van der Waals surface area contributed by atoms with Gasteiger partial charge in [-0.15, -0.1) is 0 Å². The van der Waals surface area contributed by atoms with Gasteiger partial charge >= 0.3 is 5.69 Å². The SMILES string of the molecule is O=c1n(CCO)c2ccccc2n1C1=NCCN1. The summed E-state index contributed by atoms with van der Waals surface area (Å²) in [6, 6.07) is 7.52. The Kier molecular flexibility index (Phi) is 2.64. The second kappa shape index (κ2) is 4.30. The third kappa shape index (κ3) is 1.53. The van der Waals surface area contributed by atoms with Crippen LogP contribution in [0.1, 0.15) is 0 Å². The maximum atomic E-state index is 12.4. The Morgan fingerprint density at radius 2 is 2.11 bits per heavy atom. The van der Waals surface area contributed by atoms with Crippen molar-refractivity contribution in [2.45, 2.75) is 6.54 Å². The third-order valence-corrected chi connectivity index (χ3v) is 3.03. The van der Waals surface area contributed by atoms with Crippen molar-refractivity contribution in [3.63, 3.8) is 0 Å². The van der Waals surface area contributed by atoms with Gasteiger partial charge in [-0.2, -0.15) is 0 Å². The monoisotopic (exact) mass is 246 g/mol. The molecule has 1 aliphatic rings. The van der Waals surface area contributed by atoms with Crippen molar-refractivity contribution in [3.05, 3.63) is 34.7 Å². The minimum atomic E-state index is -0.168. The molecule has 2 aromatic rings. The zero-order valence-corrected chi connectivity index (χ0v) is 9.83. The zero-order valence-electron chi connectivity index (χ0n) is 9.83. The van der Waals surface area contributed by atoms with Gasteiger partial charge in [-0.3, -0.25) is 9.56 Å². The maximum Gasteiger partial charge on any atom is 0.336 e. The first-order valence-corrected chi connectivity index (χ1v) is 5.93. The van der Waals surface area contributed by atoms with Gasteiger partial charge in [0.05, 0.1) is 30.7 Å². The predicted molar refractivity (Wildman–Crippen MR) is 69.0 cm³/mol. The molecule has 0 atom stereocenters. The van der Waals surface area contributed by atoms with Crippen LogP contribution in [0.4, 0.5) is 0 Å². The molecule has 0 spiro atoms. The van der Waals surface area contributed by atoms with Crippen molar-refractivity contribution in [2.75, 3.05) is 19.7 Å². The Labute approximate surface area is 103 Å². The third-order valence-electron chi connectivity index (χ3n) is 3.03. The van der Waals surface area contributed by atoms with E-state index in [1.807, 2.05) is 24.3 Å². The van der Waals surface area contributed by atoms with Gasteiger partial charge in [0.15, 0.2) is 0 Å². The van der Waals surface area contributed by atoms with E-state index < -0.39 is 0 Å². The number of fused-ring (bicyclic) bond motifs is 1. The molecule has 18 heavy (non-hydrogen) atoms. The highest BCUT2D eigenvalue weighted by Crippen LogP contribution is 2.12. The highest BCUT2D eigenvalue weighted by Gasteiger charge is 2.17. The first-order valence-electron chi connectivity index (χ1n) is 5.93. The molecule has 0 amide bonds. The zero-order chi connectivity index (χ0) is 12.5. The molecule has 3 rings (SSSR count). The fourth-order valence-corrected chi connectivity index (χ4v) is 2.26. The van der Waals surface area contributed by atoms with Gasteiger partial charge in [0, 0.05) is 6.54 Å². The molecule has 0 saturated heterocycles. The fraction of sp³-hybridized carbons (Fsp3) is 0.333. The summed E-state index contributed by atoms with van der Waals surface area (Å²) in [7, 11) is 0. The van der Waals surface area contributed by atoms with Gasteiger partial charge < -0.3 is 10.4 Å². The van der Waals surface area contributed by atoms with Gasteiger partial charge in [-0.05, 0) is 12.1 Å². The molecule has 94 valence electrons. The molecule has 2 heterocycles. The molecule has 0 bridgehead atoms. The van der Waals surface area contributed by atoms with Crippen LogP contribution in [0.25, 0.3) is 11.0 Å². The summed E-state index contributed by atoms with van der Waals surface area (Å²) < 4.78 is 3.13. The lowest BCUT2D eigenvalue weighted by atomic mass is 10.3. The van der Waals surface area contributed by atoms with Crippen LogP contribution in [0, 0.1) is 0 Å². The van der Waals surface area contributed by atoms with Crippen molar-refractivity contribution in [3.8, 4) is 0 Å². The summed E-state index contributed by atoms with van der Waals surface area (Å²) in [6.45, 7) is 1.66. The van der Waals surface area contributed by atoms with Crippen molar-refractivity contribution >= 4 is 17.0 Å². The largest absolute Gasteiger partial charge is 0.395 e. The van der Waals surface area contributed by atoms with Gasteiger partial charge in [0.1, 0.15) is 0 Å². The second-order valence-electron chi connectivity index (χ2n) is 4.11. The molecule has 1 aromatic heterocycles. The Morgan fingerprint density at radius 3 is 2.78 bits per heavy atom. The quantitative estimate of drug-likeness (QED) is 0.757. The van der Waals surface area contributed by atoms with Crippen molar-refractivity contribution < 1.29 is 5.11 Å². The predicted octanol–water partition coefficient (Wildman–Crippen LogP) is -0.397. The van der Waals surface area contributed by atoms with Gasteiger partial charge in [-0.25, -0.2) is 9.36 Å². The number of rotatable bonds is 2. The summed E-state index contributed by atoms with van der Waals surface area (Å²) in [6.07, 6.45) is 0. The van der Waals surface area contributed by atoms with E-state index in [-0.39, 0.29) is 12.3 Å². The Hall–Kier alpha value is -2.08. The number of aliphatic hydroxyl groups is 1. The number of aromatic nitrogens is 2. The van der Waals surface area contributed by atoms with E-state index in [2.05, 4.69) is 10.3 Å². The van der Waals surface area contributed by atoms with E-state index in [1.54, 1.807) is 9.13 Å². The smallest absolute Gasteiger partial charge is 0.336 e. The molecule has 6 heteroatoms. The Morgan fingerprint density at radius 1 is 1.33 bits per heavy atom. The number of imidazole rings is 1. The molecule has 0 unspecified atom stereocenters. The molecule has 1 aromatic carbocycles. The van der Waals surface area contributed by atoms with Gasteiger partial charge in [-0.1, -0.05) is 12.1 Å². The number of nitrogens with one attached hydrogen (secondary N) is 1. The molecule has 0 fully saturated rings. The Balaban J connectivity index is 2.30. The van der Waals surface area contributed by atoms with E-state index in [0.29, 0.717) is 19.0 Å². The number of hydrogen-bond donors (Lipinski definition) is 2. The number of aliphatic imine (C=N–C) groups is 1. The molecular weight excluding hydrogens is 232 g/mol. The van der Waals surface area contributed by atoms with Gasteiger partial charge in [0.25, 0.3) is 0 Å². The first-order chi connectivity index (χ1) is 8.83. The topological polar surface area (TPSA) is 71.5 Å². The minimum Gasteiger partial charge on any atom is -0.395 e. The average molecular weight is 246 g/mol. The second-order valence-corrected chi connectivity index (χ2v) is 4.11. The lowest BCUT2D eigenvalue weighted by Crippen LogP contribution is -2.36. The van der Waals surface area contributed by atoms with Crippen LogP contribution in [0.2, 0.25) is 0 Å². The van der Waals surface area contributed by atoms with Gasteiger partial charge in [0.2, 0.25) is 5.96 Å². The molecular formula is C12H14N4O2. The maximum absolute atomic E-state index is 12.4. The van der Waals surface area contributed by atoms with E-state index in [4.69, 9.17) is 5.11 Å². The minimum absolute atomic E-state index is 0.0617. The van der Waals surface area contributed by atoms with Crippen molar-refractivity contribution in [1.29, 1.82) is 0 Å². The number of aliphatic hydroxyl groups excluding tert-OH is 1. The normalized spacial score (nSPS) is 14.8. The number of nitrogens with zero attached hydrogens (tertiary/aromatic N) is 3. The molecule has 0 radical (unpaired) electrons. The fourth-order valence-electron chi connectivity index (χ4n) is 2.26. The lowest BCUT2D eigenvalue weighted by molar-refractivity contribution is 0.276. The van der Waals surface area contributed by atoms with Crippen LogP contribution >= 0.6 is 0 Å². The summed E-state index contributed by atoms with van der Waals surface area (Å²) in [5, 5.41) is 12.2. The van der Waals surface area contributed by atoms with Crippen LogP contribution < -0.4 is 11.0 Å². The van der Waals surface area contributed by atoms with Crippen molar-refractivity contribution in [1.82, 2.24) is 14.5 Å². The first kappa shape index (κ1) is 11.0. The summed E-state index contributed by atoms with van der Waals surface area (Å²) in [5.41, 5.74) is 1.45. The van der Waals surface area contributed by atoms with E-state index in [1.165, 1.54) is 0 Å². The summed E-state index contributed by atoms with van der Waals surface area (Å²) in [5.74, 6) is 0.591. The lowest BCUT2D eigenvalue weighted by Gasteiger charge is -2.02. The number of benzene rings is 1. The highest BCUT2D eigenvalue weighted by molar-refractivity contribution is 5.93. The molecule has 1 aliphatic heterocycles. The highest BCUT2D eigenvalue weighted by atomic mass is 16.3. The van der Waals surface area contributed by atoms with Crippen LogP contribution in [0.5, 0.6) is 0 Å². The average Bonchev–Trinajstić information content (AvgIpc) is 2.98. The van der Waals surface area contributed by atoms with E-state index in [9.17, 15) is 4.79 Å². The van der Waals surface area contributed by atoms with Crippen LogP contribution in [-0.4, -0.2) is 39.9 Å². The van der Waals surface area contributed by atoms with E-state index >= 15 is 0 Å². The Bertz CT molecular complexity index is 668. The van der Waals surface area contributed by atoms with Crippen LogP contribution in [-0.2, 0) is 6.54 Å². The van der Waals surface area contributed by atoms with E-state index in [0.717, 1.165) is 17.6 Å². The number of hydrogen-bond acceptors (Lipinski definition) is 4. The number of para-hydroxylation sites is 2. The summed E-state index contributed by atoms with van der Waals surface area (Å²) >= 11 is 0. The molecule has 0 aliphatic carbocycles. The van der Waals surface area contributed by atoms with Crippen LogP contribution in [0.3, 0.4) is 0 Å². The van der Waals surface area contributed by atoms with Crippen molar-refractivity contribution in [2.24, 2.45) is 4.99 Å². The van der Waals surface area contributed by atoms with Crippen LogP contribution in [0.15, 0.2) is 34.1 Å². The standard InChI is InChI=1S/C12H14N4O2/c17-8-7-15-9-3-1-2-4-10(9)16(12(15)18)11-13-5-6-14-11/h1-4,17H,5-8H2,(H,13,14). The molecule has 2 N–H and O–H groups in total.